The van der Waals surface area contributed by atoms with Crippen molar-refractivity contribution in [2.45, 2.75) is 18.9 Å². The van der Waals surface area contributed by atoms with Crippen molar-refractivity contribution in [1.29, 1.82) is 0 Å². The van der Waals surface area contributed by atoms with E-state index in [-0.39, 0.29) is 12.6 Å². The minimum absolute atomic E-state index is 0.0544. The van der Waals surface area contributed by atoms with Gasteiger partial charge in [0.1, 0.15) is 0 Å². The lowest BCUT2D eigenvalue weighted by atomic mass is 9.92. The first-order valence-electron chi connectivity index (χ1n) is 6.01. The molecule has 1 heterocycles. The summed E-state index contributed by atoms with van der Waals surface area (Å²) in [5, 5.41) is 13.5. The number of hydrogen-bond donors (Lipinski definition) is 2. The Kier molecular flexibility index (Phi) is 4.66. The van der Waals surface area contributed by atoms with Crippen LogP contribution in [-0.4, -0.2) is 31.0 Å². The Morgan fingerprint density at radius 1 is 1.35 bits per heavy atom. The molecule has 17 heavy (non-hydrogen) atoms. The summed E-state index contributed by atoms with van der Waals surface area (Å²) < 4.78 is 5.33. The molecule has 94 valence electrons. The number of rotatable bonds is 4. The zero-order valence-corrected chi connectivity index (χ0v) is 10.5. The molecular formula is C13H18ClNO2. The Morgan fingerprint density at radius 2 is 2.06 bits per heavy atom. The predicted octanol–water partition coefficient (Wildman–Crippen LogP) is 2.54. The van der Waals surface area contributed by atoms with Crippen molar-refractivity contribution >= 4 is 17.3 Å². The van der Waals surface area contributed by atoms with Crippen LogP contribution in [0, 0.1) is 5.92 Å². The third kappa shape index (κ3) is 3.35. The normalized spacial score (nSPS) is 18.9. The fourth-order valence-corrected chi connectivity index (χ4v) is 2.40. The Balaban J connectivity index is 2.01. The number of hydrogen-bond acceptors (Lipinski definition) is 3. The molecule has 1 fully saturated rings. The minimum atomic E-state index is 0.0544. The van der Waals surface area contributed by atoms with Gasteiger partial charge in [0, 0.05) is 13.2 Å². The quantitative estimate of drug-likeness (QED) is 0.869. The fraction of sp³-hybridized carbons (Fsp3) is 0.538. The van der Waals surface area contributed by atoms with Crippen molar-refractivity contribution in [2.75, 3.05) is 25.1 Å². The van der Waals surface area contributed by atoms with Crippen LogP contribution < -0.4 is 5.32 Å². The highest BCUT2D eigenvalue weighted by atomic mass is 35.5. The van der Waals surface area contributed by atoms with Crippen molar-refractivity contribution < 1.29 is 9.84 Å². The van der Waals surface area contributed by atoms with Crippen LogP contribution in [0.3, 0.4) is 0 Å². The summed E-state index contributed by atoms with van der Waals surface area (Å²) in [7, 11) is 0. The van der Waals surface area contributed by atoms with Crippen LogP contribution in [0.15, 0.2) is 24.3 Å². The Labute approximate surface area is 107 Å². The van der Waals surface area contributed by atoms with Crippen LogP contribution in [0.1, 0.15) is 12.8 Å². The van der Waals surface area contributed by atoms with Crippen molar-refractivity contribution in [1.82, 2.24) is 0 Å². The Morgan fingerprint density at radius 3 is 2.71 bits per heavy atom. The molecule has 1 aliphatic rings. The van der Waals surface area contributed by atoms with E-state index in [2.05, 4.69) is 5.32 Å². The SMILES string of the molecule is OCC(Nc1ccccc1Cl)C1CCOCC1. The van der Waals surface area contributed by atoms with Gasteiger partial charge in [0.05, 0.1) is 23.4 Å². The second kappa shape index (κ2) is 6.24. The monoisotopic (exact) mass is 255 g/mol. The zero-order chi connectivity index (χ0) is 12.1. The Bertz CT molecular complexity index is 353. The average Bonchev–Trinajstić information content (AvgIpc) is 2.39. The van der Waals surface area contributed by atoms with Crippen LogP contribution in [0.4, 0.5) is 5.69 Å². The van der Waals surface area contributed by atoms with E-state index in [1.807, 2.05) is 24.3 Å². The molecule has 1 aromatic carbocycles. The van der Waals surface area contributed by atoms with Gasteiger partial charge in [0.2, 0.25) is 0 Å². The summed E-state index contributed by atoms with van der Waals surface area (Å²) in [5.74, 6) is 0.449. The maximum absolute atomic E-state index is 9.48. The lowest BCUT2D eigenvalue weighted by Gasteiger charge is -2.30. The maximum atomic E-state index is 9.48. The first-order chi connectivity index (χ1) is 8.31. The number of aliphatic hydroxyl groups excluding tert-OH is 1. The number of nitrogens with one attached hydrogen (secondary N) is 1. The maximum Gasteiger partial charge on any atom is 0.0637 e. The highest BCUT2D eigenvalue weighted by Crippen LogP contribution is 2.26. The van der Waals surface area contributed by atoms with Gasteiger partial charge in [-0.05, 0) is 30.9 Å². The number of ether oxygens (including phenoxy) is 1. The van der Waals surface area contributed by atoms with Gasteiger partial charge >= 0.3 is 0 Å². The molecule has 0 radical (unpaired) electrons. The van der Waals surface area contributed by atoms with Gasteiger partial charge in [-0.1, -0.05) is 23.7 Å². The molecule has 0 spiro atoms. The molecule has 1 atom stereocenters. The summed E-state index contributed by atoms with van der Waals surface area (Å²) in [5.41, 5.74) is 0.889. The van der Waals surface area contributed by atoms with Crippen molar-refractivity contribution in [3.05, 3.63) is 29.3 Å². The lowest BCUT2D eigenvalue weighted by Crippen LogP contribution is -2.36. The summed E-state index contributed by atoms with van der Waals surface area (Å²) in [4.78, 5) is 0. The summed E-state index contributed by atoms with van der Waals surface area (Å²) >= 11 is 6.10. The van der Waals surface area contributed by atoms with E-state index in [0.717, 1.165) is 31.7 Å². The molecule has 0 amide bonds. The van der Waals surface area contributed by atoms with Gasteiger partial charge in [0.15, 0.2) is 0 Å². The van der Waals surface area contributed by atoms with Gasteiger partial charge in [-0.3, -0.25) is 0 Å². The number of benzene rings is 1. The molecule has 0 bridgehead atoms. The smallest absolute Gasteiger partial charge is 0.0637 e. The van der Waals surface area contributed by atoms with Crippen LogP contribution in [0.5, 0.6) is 0 Å². The largest absolute Gasteiger partial charge is 0.394 e. The van der Waals surface area contributed by atoms with Crippen molar-refractivity contribution in [3.8, 4) is 0 Å². The van der Waals surface area contributed by atoms with Crippen LogP contribution in [0.25, 0.3) is 0 Å². The fourth-order valence-electron chi connectivity index (χ4n) is 2.21. The van der Waals surface area contributed by atoms with Gasteiger partial charge in [0.25, 0.3) is 0 Å². The molecule has 0 aliphatic carbocycles. The minimum Gasteiger partial charge on any atom is -0.394 e. The van der Waals surface area contributed by atoms with E-state index in [0.29, 0.717) is 10.9 Å². The van der Waals surface area contributed by atoms with Crippen LogP contribution in [0.2, 0.25) is 5.02 Å². The summed E-state index contributed by atoms with van der Waals surface area (Å²) in [6.07, 6.45) is 1.98. The second-order valence-corrected chi connectivity index (χ2v) is 4.77. The van der Waals surface area contributed by atoms with Gasteiger partial charge in [-0.2, -0.15) is 0 Å². The van der Waals surface area contributed by atoms with E-state index in [4.69, 9.17) is 16.3 Å². The van der Waals surface area contributed by atoms with E-state index < -0.39 is 0 Å². The van der Waals surface area contributed by atoms with Crippen LogP contribution in [-0.2, 0) is 4.74 Å². The highest BCUT2D eigenvalue weighted by Gasteiger charge is 2.23. The standard InChI is InChI=1S/C13H18ClNO2/c14-11-3-1-2-4-12(11)15-13(9-16)10-5-7-17-8-6-10/h1-4,10,13,15-16H,5-9H2. The molecule has 4 heteroatoms. The van der Waals surface area contributed by atoms with E-state index in [1.165, 1.54) is 0 Å². The molecule has 1 aromatic rings. The first kappa shape index (κ1) is 12.7. The molecule has 2 N–H and O–H groups in total. The third-order valence-electron chi connectivity index (χ3n) is 3.25. The summed E-state index contributed by atoms with van der Waals surface area (Å²) in [6, 6.07) is 7.67. The molecule has 1 unspecified atom stereocenters. The molecule has 1 aliphatic heterocycles. The third-order valence-corrected chi connectivity index (χ3v) is 3.58. The van der Waals surface area contributed by atoms with Gasteiger partial charge < -0.3 is 15.2 Å². The molecule has 0 aromatic heterocycles. The van der Waals surface area contributed by atoms with Gasteiger partial charge in [-0.25, -0.2) is 0 Å². The van der Waals surface area contributed by atoms with Crippen LogP contribution >= 0.6 is 11.6 Å². The lowest BCUT2D eigenvalue weighted by molar-refractivity contribution is 0.0534. The molecule has 1 saturated heterocycles. The van der Waals surface area contributed by atoms with Crippen molar-refractivity contribution in [2.24, 2.45) is 5.92 Å². The highest BCUT2D eigenvalue weighted by molar-refractivity contribution is 6.33. The van der Waals surface area contributed by atoms with E-state index in [1.54, 1.807) is 0 Å². The van der Waals surface area contributed by atoms with E-state index >= 15 is 0 Å². The number of aliphatic hydroxyl groups is 1. The topological polar surface area (TPSA) is 41.5 Å². The number of anilines is 1. The number of para-hydroxylation sites is 1. The first-order valence-corrected chi connectivity index (χ1v) is 6.38. The number of halogens is 1. The van der Waals surface area contributed by atoms with Gasteiger partial charge in [-0.15, -0.1) is 0 Å². The molecule has 3 nitrogen and oxygen atoms in total. The second-order valence-electron chi connectivity index (χ2n) is 4.36. The van der Waals surface area contributed by atoms with Crippen molar-refractivity contribution in [3.63, 3.8) is 0 Å². The zero-order valence-electron chi connectivity index (χ0n) is 9.73. The molecular weight excluding hydrogens is 238 g/mol. The predicted molar refractivity (Wildman–Crippen MR) is 69.5 cm³/mol. The Hall–Kier alpha value is -0.770. The van der Waals surface area contributed by atoms with E-state index in [9.17, 15) is 5.11 Å². The summed E-state index contributed by atoms with van der Waals surface area (Å²) in [6.45, 7) is 1.69. The molecule has 2 rings (SSSR count). The average molecular weight is 256 g/mol. The molecule has 0 saturated carbocycles.